The molecule has 42 heavy (non-hydrogen) atoms. The molecule has 7 nitrogen and oxygen atoms in total. The maximum Gasteiger partial charge on any atom is 0.339 e. The number of rotatable bonds is 6. The maximum atomic E-state index is 13.5. The van der Waals surface area contributed by atoms with Crippen LogP contribution in [0.25, 0.3) is 22.2 Å². The molecule has 6 unspecified atom stereocenters. The van der Waals surface area contributed by atoms with E-state index in [1.807, 2.05) is 36.4 Å². The van der Waals surface area contributed by atoms with Crippen LogP contribution in [-0.2, 0) is 14.3 Å². The molecule has 9 rings (SSSR count). The van der Waals surface area contributed by atoms with E-state index < -0.39 is 5.97 Å². The number of carbonyl (C=O) groups excluding carboxylic acids is 4. The minimum atomic E-state index is -0.618. The van der Waals surface area contributed by atoms with E-state index in [2.05, 4.69) is 12.2 Å². The molecule has 7 heteroatoms. The third-order valence-electron chi connectivity index (χ3n) is 9.45. The molecule has 4 aromatic rings. The van der Waals surface area contributed by atoms with Crippen LogP contribution in [0.1, 0.15) is 27.1 Å². The van der Waals surface area contributed by atoms with E-state index in [9.17, 15) is 19.2 Å². The summed E-state index contributed by atoms with van der Waals surface area (Å²) >= 11 is 0. The molecular weight excluding hydrogens is 528 g/mol. The summed E-state index contributed by atoms with van der Waals surface area (Å²) < 4.78 is 5.43. The fraction of sp³-hybridized carbons (Fsp3) is 0.229. The summed E-state index contributed by atoms with van der Waals surface area (Å²) in [6, 6.07) is 24.8. The van der Waals surface area contributed by atoms with Crippen molar-refractivity contribution in [3.8, 4) is 11.3 Å². The normalized spacial score (nSPS) is 26.7. The summed E-state index contributed by atoms with van der Waals surface area (Å²) in [7, 11) is 0. The molecule has 1 aromatic heterocycles. The van der Waals surface area contributed by atoms with Crippen molar-refractivity contribution < 1.29 is 23.9 Å². The Bertz CT molecular complexity index is 1790. The van der Waals surface area contributed by atoms with Crippen molar-refractivity contribution in [3.63, 3.8) is 0 Å². The van der Waals surface area contributed by atoms with E-state index in [0.29, 0.717) is 45.2 Å². The van der Waals surface area contributed by atoms with Gasteiger partial charge in [-0.25, -0.2) is 9.78 Å². The number of imide groups is 1. The lowest BCUT2D eigenvalue weighted by Crippen LogP contribution is -2.40. The quantitative estimate of drug-likeness (QED) is 0.135. The number of hydrogen-bond acceptors (Lipinski definition) is 6. The number of allylic oxidation sites excluding steroid dienone is 2. The molecule has 4 aliphatic carbocycles. The number of carbonyl (C=O) groups is 4. The van der Waals surface area contributed by atoms with Crippen LogP contribution in [-0.4, -0.2) is 35.2 Å². The number of Topliss-reactive ketones (excluding diaryl/α,β-unsaturated/α-hetero) is 1. The molecule has 3 aromatic carbocycles. The van der Waals surface area contributed by atoms with Gasteiger partial charge in [-0.05, 0) is 54.4 Å². The number of para-hydroxylation sites is 1. The molecule has 0 N–H and O–H groups in total. The van der Waals surface area contributed by atoms with Crippen LogP contribution in [0.5, 0.6) is 0 Å². The molecule has 1 saturated heterocycles. The Labute approximate surface area is 241 Å². The van der Waals surface area contributed by atoms with Crippen molar-refractivity contribution in [2.24, 2.45) is 35.5 Å². The zero-order valence-corrected chi connectivity index (χ0v) is 22.6. The second-order valence-electron chi connectivity index (χ2n) is 11.7. The third-order valence-corrected chi connectivity index (χ3v) is 9.45. The number of esters is 1. The van der Waals surface area contributed by atoms with Crippen LogP contribution in [0.2, 0.25) is 0 Å². The number of nitrogens with zero attached hydrogens (tertiary/aromatic N) is 2. The largest absolute Gasteiger partial charge is 0.454 e. The number of ketones is 1. The summed E-state index contributed by atoms with van der Waals surface area (Å²) in [5.41, 5.74) is 3.19. The van der Waals surface area contributed by atoms with Crippen LogP contribution in [0.3, 0.4) is 0 Å². The first kappa shape index (κ1) is 24.9. The SMILES string of the molecule is O=C(COC(=O)c1cc(-c2ccc(N3C(=O)C4C5C=CC(C6CC56)C4C3=O)cc2)nc2ccccc12)c1ccccc1. The van der Waals surface area contributed by atoms with E-state index in [1.165, 1.54) is 4.90 Å². The highest BCUT2D eigenvalue weighted by atomic mass is 16.5. The highest BCUT2D eigenvalue weighted by molar-refractivity contribution is 6.22. The molecule has 0 spiro atoms. The van der Waals surface area contributed by atoms with Crippen LogP contribution in [0, 0.1) is 35.5 Å². The Morgan fingerprint density at radius 1 is 0.810 bits per heavy atom. The molecule has 2 saturated carbocycles. The number of benzene rings is 3. The van der Waals surface area contributed by atoms with E-state index >= 15 is 0 Å². The van der Waals surface area contributed by atoms with Crippen LogP contribution < -0.4 is 4.90 Å². The average Bonchev–Trinajstić information content (AvgIpc) is 3.82. The number of aromatic nitrogens is 1. The Balaban J connectivity index is 1.07. The molecule has 3 fully saturated rings. The van der Waals surface area contributed by atoms with E-state index in [1.54, 1.807) is 48.5 Å². The minimum Gasteiger partial charge on any atom is -0.454 e. The molecule has 2 amide bonds. The van der Waals surface area contributed by atoms with Crippen LogP contribution in [0.4, 0.5) is 5.69 Å². The first-order chi connectivity index (χ1) is 20.5. The Morgan fingerprint density at radius 2 is 1.45 bits per heavy atom. The van der Waals surface area contributed by atoms with Crippen LogP contribution >= 0.6 is 0 Å². The van der Waals surface area contributed by atoms with Crippen LogP contribution in [0.15, 0.2) is 97.1 Å². The van der Waals surface area contributed by atoms with E-state index in [0.717, 1.165) is 12.0 Å². The van der Waals surface area contributed by atoms with Gasteiger partial charge in [0.1, 0.15) is 0 Å². The van der Waals surface area contributed by atoms with Gasteiger partial charge in [-0.2, -0.15) is 0 Å². The first-order valence-corrected chi connectivity index (χ1v) is 14.3. The van der Waals surface area contributed by atoms with Gasteiger partial charge in [0.2, 0.25) is 11.8 Å². The fourth-order valence-corrected chi connectivity index (χ4v) is 7.40. The summed E-state index contributed by atoms with van der Waals surface area (Å²) in [5, 5.41) is 0.618. The highest BCUT2D eigenvalue weighted by Gasteiger charge is 2.67. The predicted molar refractivity (Wildman–Crippen MR) is 155 cm³/mol. The monoisotopic (exact) mass is 554 g/mol. The molecule has 1 aliphatic heterocycles. The Kier molecular flexibility index (Phi) is 5.51. The lowest BCUT2D eigenvalue weighted by Gasteiger charge is -2.37. The summed E-state index contributed by atoms with van der Waals surface area (Å²) in [4.78, 5) is 58.9. The number of hydrogen-bond donors (Lipinski definition) is 0. The molecule has 0 radical (unpaired) electrons. The number of ether oxygens (including phenoxy) is 1. The molecule has 2 heterocycles. The van der Waals surface area contributed by atoms with Gasteiger partial charge in [0.05, 0.1) is 34.3 Å². The second-order valence-corrected chi connectivity index (χ2v) is 11.7. The number of pyridine rings is 1. The standard InChI is InChI=1S/C35H26N2O5/c38-30(20-6-2-1-3-7-20)18-42-35(41)27-17-29(36-28-9-5-4-8-22(27)28)19-10-12-21(13-11-19)37-33(39)31-23-14-15-24(26-16-25(23)26)32(31)34(37)40/h1-15,17,23-26,31-32H,16,18H2. The summed E-state index contributed by atoms with van der Waals surface area (Å²) in [5.74, 6) is -0.142. The summed E-state index contributed by atoms with van der Waals surface area (Å²) in [6.07, 6.45) is 5.47. The third kappa shape index (κ3) is 3.76. The van der Waals surface area contributed by atoms with Crippen molar-refractivity contribution in [1.82, 2.24) is 4.98 Å². The van der Waals surface area contributed by atoms with Gasteiger partial charge in [0.15, 0.2) is 12.4 Å². The zero-order valence-electron chi connectivity index (χ0n) is 22.6. The second kappa shape index (κ2) is 9.31. The smallest absolute Gasteiger partial charge is 0.339 e. The van der Waals surface area contributed by atoms with Gasteiger partial charge in [0, 0.05) is 16.5 Å². The fourth-order valence-electron chi connectivity index (χ4n) is 7.40. The van der Waals surface area contributed by atoms with Crippen molar-refractivity contribution in [1.29, 1.82) is 0 Å². The van der Waals surface area contributed by atoms with E-state index in [4.69, 9.17) is 9.72 Å². The first-order valence-electron chi connectivity index (χ1n) is 14.3. The van der Waals surface area contributed by atoms with Crippen molar-refractivity contribution in [2.75, 3.05) is 11.5 Å². The zero-order chi connectivity index (χ0) is 28.5. The highest BCUT2D eigenvalue weighted by Crippen LogP contribution is 2.65. The Hall–Kier alpha value is -4.91. The molecule has 5 aliphatic rings. The lowest BCUT2D eigenvalue weighted by molar-refractivity contribution is -0.124. The number of fused-ring (bicyclic) bond motifs is 1. The van der Waals surface area contributed by atoms with Crippen molar-refractivity contribution in [3.05, 3.63) is 108 Å². The van der Waals surface area contributed by atoms with Gasteiger partial charge < -0.3 is 4.74 Å². The molecule has 6 atom stereocenters. The van der Waals surface area contributed by atoms with Gasteiger partial charge in [-0.3, -0.25) is 19.3 Å². The van der Waals surface area contributed by atoms with Crippen molar-refractivity contribution in [2.45, 2.75) is 6.42 Å². The number of anilines is 1. The Morgan fingerprint density at radius 3 is 2.14 bits per heavy atom. The van der Waals surface area contributed by atoms with Crippen molar-refractivity contribution >= 4 is 40.2 Å². The summed E-state index contributed by atoms with van der Waals surface area (Å²) in [6.45, 7) is -0.373. The minimum absolute atomic E-state index is 0.0960. The topological polar surface area (TPSA) is 93.6 Å². The average molecular weight is 555 g/mol. The molecule has 206 valence electrons. The molecule has 2 bridgehead atoms. The van der Waals surface area contributed by atoms with Gasteiger partial charge in [0.25, 0.3) is 0 Å². The van der Waals surface area contributed by atoms with E-state index in [-0.39, 0.29) is 47.9 Å². The number of amides is 2. The predicted octanol–water partition coefficient (Wildman–Crippen LogP) is 5.50. The lowest BCUT2D eigenvalue weighted by atomic mass is 9.63. The van der Waals surface area contributed by atoms with Gasteiger partial charge in [-0.1, -0.05) is 72.8 Å². The van der Waals surface area contributed by atoms with Gasteiger partial charge in [-0.15, -0.1) is 0 Å². The maximum absolute atomic E-state index is 13.5. The van der Waals surface area contributed by atoms with Gasteiger partial charge >= 0.3 is 5.97 Å². The molecular formula is C35H26N2O5.